The summed E-state index contributed by atoms with van der Waals surface area (Å²) in [5, 5.41) is 7.19. The van der Waals surface area contributed by atoms with E-state index in [4.69, 9.17) is 11.6 Å². The second-order valence-corrected chi connectivity index (χ2v) is 11.3. The van der Waals surface area contributed by atoms with Gasteiger partial charge in [0.05, 0.1) is 11.0 Å². The van der Waals surface area contributed by atoms with Gasteiger partial charge in [-0.3, -0.25) is 9.59 Å². The van der Waals surface area contributed by atoms with E-state index in [1.165, 1.54) is 0 Å². The minimum absolute atomic E-state index is 0.0301. The van der Waals surface area contributed by atoms with Crippen molar-refractivity contribution in [3.63, 3.8) is 0 Å². The van der Waals surface area contributed by atoms with Crippen LogP contribution in [0.4, 0.5) is 5.82 Å². The zero-order valence-corrected chi connectivity index (χ0v) is 20.8. The molecule has 1 aromatic heterocycles. The van der Waals surface area contributed by atoms with Gasteiger partial charge >= 0.3 is 0 Å². The zero-order valence-electron chi connectivity index (χ0n) is 20.0. The number of nitrogens with one attached hydrogen (secondary N) is 2. The highest BCUT2D eigenvalue weighted by Gasteiger charge is 2.46. The summed E-state index contributed by atoms with van der Waals surface area (Å²) in [6.07, 6.45) is 11.9. The minimum atomic E-state index is -0.431. The minimum Gasteiger partial charge on any atom is -0.352 e. The number of pyridine rings is 1. The third-order valence-corrected chi connectivity index (χ3v) is 8.80. The van der Waals surface area contributed by atoms with Crippen LogP contribution in [0, 0.1) is 0 Å². The highest BCUT2D eigenvalue weighted by molar-refractivity contribution is 6.30. The molecule has 2 atom stereocenters. The van der Waals surface area contributed by atoms with Crippen LogP contribution in [0.1, 0.15) is 80.1 Å². The molecule has 4 fully saturated rings. The monoisotopic (exact) mass is 492 g/mol. The number of amides is 2. The Hall–Kier alpha value is -2.60. The number of aromatic nitrogens is 1. The van der Waals surface area contributed by atoms with Gasteiger partial charge < -0.3 is 15.5 Å². The molecule has 1 aromatic carbocycles. The number of nitrogens with zero attached hydrogens (tertiary/aromatic N) is 2. The highest BCUT2D eigenvalue weighted by Crippen LogP contribution is 2.43. The van der Waals surface area contributed by atoms with Gasteiger partial charge in [-0.15, -0.1) is 0 Å². The fourth-order valence-electron chi connectivity index (χ4n) is 6.56. The molecule has 7 heteroatoms. The van der Waals surface area contributed by atoms with Crippen LogP contribution in [0.3, 0.4) is 0 Å². The molecule has 6 rings (SSSR count). The number of hydrogen-bond acceptors (Lipinski definition) is 4. The molecule has 3 heterocycles. The first kappa shape index (κ1) is 22.8. The van der Waals surface area contributed by atoms with Gasteiger partial charge in [-0.05, 0) is 81.2 Å². The lowest BCUT2D eigenvalue weighted by molar-refractivity contribution is -0.127. The van der Waals surface area contributed by atoms with Crippen molar-refractivity contribution in [1.82, 2.24) is 15.6 Å². The van der Waals surface area contributed by atoms with Crippen LogP contribution < -0.4 is 15.5 Å². The van der Waals surface area contributed by atoms with Crippen LogP contribution in [0.5, 0.6) is 0 Å². The van der Waals surface area contributed by atoms with Gasteiger partial charge in [0.2, 0.25) is 5.91 Å². The average Bonchev–Trinajstić information content (AvgIpc) is 3.45. The van der Waals surface area contributed by atoms with E-state index in [2.05, 4.69) is 20.5 Å². The number of benzene rings is 1. The summed E-state index contributed by atoms with van der Waals surface area (Å²) < 4.78 is 0. The van der Waals surface area contributed by atoms with Crippen molar-refractivity contribution in [2.24, 2.45) is 0 Å². The summed E-state index contributed by atoms with van der Waals surface area (Å²) in [6.45, 7) is 0. The summed E-state index contributed by atoms with van der Waals surface area (Å²) in [7, 11) is 0. The molecule has 0 radical (unpaired) electrons. The Kier molecular flexibility index (Phi) is 5.95. The van der Waals surface area contributed by atoms with Gasteiger partial charge in [-0.25, -0.2) is 4.98 Å². The maximum atomic E-state index is 13.7. The molecule has 35 heavy (non-hydrogen) atoms. The second-order valence-electron chi connectivity index (χ2n) is 10.9. The molecule has 2 aliphatic carbocycles. The third kappa shape index (κ3) is 4.42. The first-order valence-corrected chi connectivity index (χ1v) is 13.5. The number of hydrogen-bond donors (Lipinski definition) is 2. The van der Waals surface area contributed by atoms with Crippen LogP contribution in [0.2, 0.25) is 5.02 Å². The van der Waals surface area contributed by atoms with Crippen LogP contribution in [-0.2, 0) is 10.2 Å². The number of carbonyl (C=O) groups is 2. The number of halogens is 1. The standard InChI is InChI=1S/C28H33ClN4O2/c29-20-6-4-19(5-7-20)28(13-1-2-14-28)27(35)32-22-15-23-10-11-24(16-22)33(23)25-12-3-18(17-30-25)26(34)31-21-8-9-21/h3-7,12,17,21-24H,1-2,8-11,13-16H2,(H,31,34)(H,32,35). The van der Waals surface area contributed by atoms with Gasteiger partial charge in [0.1, 0.15) is 5.82 Å². The Balaban J connectivity index is 1.13. The molecular formula is C28H33ClN4O2. The van der Waals surface area contributed by atoms with Crippen molar-refractivity contribution in [1.29, 1.82) is 0 Å². The van der Waals surface area contributed by atoms with Crippen LogP contribution in [0.15, 0.2) is 42.6 Å². The Morgan fingerprint density at radius 3 is 2.17 bits per heavy atom. The van der Waals surface area contributed by atoms with Crippen LogP contribution in [0.25, 0.3) is 0 Å². The second kappa shape index (κ2) is 9.12. The number of rotatable bonds is 6. The molecule has 2 bridgehead atoms. The van der Waals surface area contributed by atoms with Crippen molar-refractivity contribution in [2.45, 2.75) is 93.8 Å². The molecule has 2 aromatic rings. The normalized spacial score (nSPS) is 27.0. The van der Waals surface area contributed by atoms with Crippen LogP contribution in [-0.4, -0.2) is 41.0 Å². The SMILES string of the molecule is O=C(NC1CC1)c1ccc(N2C3CCC2CC(NC(=O)C2(c4ccc(Cl)cc4)CCCC2)C3)nc1. The zero-order chi connectivity index (χ0) is 24.0. The molecule has 2 saturated heterocycles. The molecule has 184 valence electrons. The van der Waals surface area contributed by atoms with E-state index in [-0.39, 0.29) is 17.9 Å². The van der Waals surface area contributed by atoms with Gasteiger partial charge in [0, 0.05) is 35.4 Å². The van der Waals surface area contributed by atoms with Crippen molar-refractivity contribution in [3.8, 4) is 0 Å². The Labute approximate surface area is 211 Å². The third-order valence-electron chi connectivity index (χ3n) is 8.54. The summed E-state index contributed by atoms with van der Waals surface area (Å²) in [4.78, 5) is 33.1. The first-order chi connectivity index (χ1) is 17.0. The topological polar surface area (TPSA) is 74.3 Å². The van der Waals surface area contributed by atoms with E-state index in [0.29, 0.717) is 28.7 Å². The molecule has 0 spiro atoms. The Bertz CT molecular complexity index is 1080. The summed E-state index contributed by atoms with van der Waals surface area (Å²) in [5.41, 5.74) is 1.28. The molecule has 2 aliphatic heterocycles. The van der Waals surface area contributed by atoms with E-state index < -0.39 is 5.41 Å². The van der Waals surface area contributed by atoms with Gasteiger partial charge in [0.15, 0.2) is 0 Å². The predicted molar refractivity (Wildman–Crippen MR) is 137 cm³/mol. The molecule has 2 N–H and O–H groups in total. The molecule has 2 saturated carbocycles. The van der Waals surface area contributed by atoms with Crippen molar-refractivity contribution < 1.29 is 9.59 Å². The van der Waals surface area contributed by atoms with E-state index in [0.717, 1.165) is 75.6 Å². The summed E-state index contributed by atoms with van der Waals surface area (Å²) in [5.74, 6) is 1.09. The summed E-state index contributed by atoms with van der Waals surface area (Å²) in [6, 6.07) is 13.0. The molecule has 4 aliphatic rings. The van der Waals surface area contributed by atoms with E-state index in [1.807, 2.05) is 36.4 Å². The fourth-order valence-corrected chi connectivity index (χ4v) is 6.68. The highest BCUT2D eigenvalue weighted by atomic mass is 35.5. The molecule has 6 nitrogen and oxygen atoms in total. The maximum absolute atomic E-state index is 13.7. The van der Waals surface area contributed by atoms with Crippen molar-refractivity contribution >= 4 is 29.2 Å². The van der Waals surface area contributed by atoms with Crippen molar-refractivity contribution in [3.05, 3.63) is 58.7 Å². The van der Waals surface area contributed by atoms with Gasteiger partial charge in [-0.1, -0.05) is 36.6 Å². The Morgan fingerprint density at radius 1 is 0.886 bits per heavy atom. The number of piperidine rings is 1. The van der Waals surface area contributed by atoms with E-state index in [9.17, 15) is 9.59 Å². The quantitative estimate of drug-likeness (QED) is 0.610. The molecular weight excluding hydrogens is 460 g/mol. The summed E-state index contributed by atoms with van der Waals surface area (Å²) >= 11 is 6.12. The number of anilines is 1. The van der Waals surface area contributed by atoms with E-state index >= 15 is 0 Å². The van der Waals surface area contributed by atoms with Crippen LogP contribution >= 0.6 is 11.6 Å². The first-order valence-electron chi connectivity index (χ1n) is 13.1. The number of fused-ring (bicyclic) bond motifs is 2. The average molecular weight is 493 g/mol. The molecule has 2 amide bonds. The van der Waals surface area contributed by atoms with Gasteiger partial charge in [-0.2, -0.15) is 0 Å². The van der Waals surface area contributed by atoms with Gasteiger partial charge in [0.25, 0.3) is 5.91 Å². The lowest BCUT2D eigenvalue weighted by atomic mass is 9.77. The number of carbonyl (C=O) groups excluding carboxylic acids is 2. The molecule has 2 unspecified atom stereocenters. The largest absolute Gasteiger partial charge is 0.352 e. The van der Waals surface area contributed by atoms with Crippen molar-refractivity contribution in [2.75, 3.05) is 4.90 Å². The lowest BCUT2D eigenvalue weighted by Crippen LogP contribution is -2.54. The Morgan fingerprint density at radius 2 is 1.57 bits per heavy atom. The maximum Gasteiger partial charge on any atom is 0.253 e. The predicted octanol–water partition coefficient (Wildman–Crippen LogP) is 4.76. The fraction of sp³-hybridized carbons (Fsp3) is 0.536. The lowest BCUT2D eigenvalue weighted by Gasteiger charge is -2.41. The smallest absolute Gasteiger partial charge is 0.253 e. The van der Waals surface area contributed by atoms with E-state index in [1.54, 1.807) is 6.20 Å².